The highest BCUT2D eigenvalue weighted by Crippen LogP contribution is 2.36. The molecule has 0 saturated carbocycles. The summed E-state index contributed by atoms with van der Waals surface area (Å²) >= 11 is 0. The van der Waals surface area contributed by atoms with Crippen LogP contribution in [-0.2, 0) is 4.74 Å². The Morgan fingerprint density at radius 2 is 1.79 bits per heavy atom. The van der Waals surface area contributed by atoms with Gasteiger partial charge in [-0.25, -0.2) is 9.78 Å². The molecule has 7 heteroatoms. The fourth-order valence-corrected chi connectivity index (χ4v) is 3.76. The largest absolute Gasteiger partial charge is 0.465 e. The summed E-state index contributed by atoms with van der Waals surface area (Å²) in [6, 6.07) is 19.8. The molecule has 164 valence electrons. The SMILES string of the molecule is COC(=O)c1ccc(C)c(NC(=O)c2cc(-c3ccc4c(c3)OCO4)nc3ccccc23)c1. The van der Waals surface area contributed by atoms with Gasteiger partial charge in [0, 0.05) is 16.6 Å². The van der Waals surface area contributed by atoms with Crippen molar-refractivity contribution in [1.29, 1.82) is 0 Å². The molecule has 0 atom stereocenters. The molecule has 0 radical (unpaired) electrons. The van der Waals surface area contributed by atoms with E-state index in [1.54, 1.807) is 24.3 Å². The molecule has 0 fully saturated rings. The van der Waals surface area contributed by atoms with Gasteiger partial charge in [0.25, 0.3) is 5.91 Å². The van der Waals surface area contributed by atoms with Crippen LogP contribution in [0.15, 0.2) is 66.7 Å². The zero-order chi connectivity index (χ0) is 22.9. The maximum atomic E-state index is 13.4. The summed E-state index contributed by atoms with van der Waals surface area (Å²) in [5.41, 5.74) is 4.33. The highest BCUT2D eigenvalue weighted by atomic mass is 16.7. The second-order valence-corrected chi connectivity index (χ2v) is 7.62. The third kappa shape index (κ3) is 3.85. The summed E-state index contributed by atoms with van der Waals surface area (Å²) < 4.78 is 15.7. The quantitative estimate of drug-likeness (QED) is 0.451. The van der Waals surface area contributed by atoms with E-state index >= 15 is 0 Å². The fourth-order valence-electron chi connectivity index (χ4n) is 3.76. The normalized spacial score (nSPS) is 11.9. The first-order chi connectivity index (χ1) is 16.0. The molecule has 2 heterocycles. The monoisotopic (exact) mass is 440 g/mol. The molecule has 1 amide bonds. The number of ether oxygens (including phenoxy) is 3. The van der Waals surface area contributed by atoms with E-state index in [0.29, 0.717) is 39.5 Å². The fraction of sp³-hybridized carbons (Fsp3) is 0.115. The minimum Gasteiger partial charge on any atom is -0.465 e. The van der Waals surface area contributed by atoms with Crippen LogP contribution >= 0.6 is 0 Å². The molecule has 0 bridgehead atoms. The van der Waals surface area contributed by atoms with Crippen LogP contribution in [0, 0.1) is 6.92 Å². The van der Waals surface area contributed by atoms with Gasteiger partial charge in [0.15, 0.2) is 11.5 Å². The van der Waals surface area contributed by atoms with Crippen LogP contribution in [0.3, 0.4) is 0 Å². The Labute approximate surface area is 189 Å². The number of para-hydroxylation sites is 1. The Morgan fingerprint density at radius 3 is 2.64 bits per heavy atom. The number of methoxy groups -OCH3 is 1. The standard InChI is InChI=1S/C26H20N2O5/c1-15-7-8-17(26(30)31-2)11-21(15)28-25(29)19-13-22(27-20-6-4-3-5-18(19)20)16-9-10-23-24(12-16)33-14-32-23/h3-13H,14H2,1-2H3,(H,28,29). The number of anilines is 1. The Morgan fingerprint density at radius 1 is 0.970 bits per heavy atom. The average Bonchev–Trinajstić information content (AvgIpc) is 3.32. The maximum Gasteiger partial charge on any atom is 0.337 e. The lowest BCUT2D eigenvalue weighted by Crippen LogP contribution is -2.14. The molecule has 1 aliphatic heterocycles. The van der Waals surface area contributed by atoms with Crippen LogP contribution in [-0.4, -0.2) is 30.8 Å². The number of hydrogen-bond acceptors (Lipinski definition) is 6. The van der Waals surface area contributed by atoms with Crippen molar-refractivity contribution in [1.82, 2.24) is 4.98 Å². The highest BCUT2D eigenvalue weighted by molar-refractivity contribution is 6.13. The molecular weight excluding hydrogens is 420 g/mol. The number of amides is 1. The minimum absolute atomic E-state index is 0.182. The van der Waals surface area contributed by atoms with Gasteiger partial charge in [0.2, 0.25) is 6.79 Å². The molecule has 4 aromatic rings. The predicted octanol–water partition coefficient (Wildman–Crippen LogP) is 4.98. The van der Waals surface area contributed by atoms with Crippen molar-refractivity contribution in [2.45, 2.75) is 6.92 Å². The van der Waals surface area contributed by atoms with Gasteiger partial charge in [-0.2, -0.15) is 0 Å². The van der Waals surface area contributed by atoms with Gasteiger partial charge >= 0.3 is 5.97 Å². The zero-order valence-corrected chi connectivity index (χ0v) is 18.0. The third-order valence-electron chi connectivity index (χ3n) is 5.54. The number of aromatic nitrogens is 1. The molecule has 3 aromatic carbocycles. The van der Waals surface area contributed by atoms with Crippen LogP contribution < -0.4 is 14.8 Å². The number of aryl methyl sites for hydroxylation is 1. The molecule has 7 nitrogen and oxygen atoms in total. The summed E-state index contributed by atoms with van der Waals surface area (Å²) in [5, 5.41) is 3.66. The number of carbonyl (C=O) groups excluding carboxylic acids is 2. The van der Waals surface area contributed by atoms with Gasteiger partial charge in [-0.15, -0.1) is 0 Å². The first-order valence-electron chi connectivity index (χ1n) is 10.3. The number of fused-ring (bicyclic) bond motifs is 2. The predicted molar refractivity (Wildman–Crippen MR) is 124 cm³/mol. The van der Waals surface area contributed by atoms with Gasteiger partial charge in [0.1, 0.15) is 0 Å². The Balaban J connectivity index is 1.56. The van der Waals surface area contributed by atoms with E-state index in [4.69, 9.17) is 19.2 Å². The van der Waals surface area contributed by atoms with E-state index in [1.165, 1.54) is 7.11 Å². The molecule has 0 unspecified atom stereocenters. The molecule has 1 N–H and O–H groups in total. The van der Waals surface area contributed by atoms with Crippen molar-refractivity contribution in [2.24, 2.45) is 0 Å². The minimum atomic E-state index is -0.468. The van der Waals surface area contributed by atoms with E-state index in [0.717, 1.165) is 16.5 Å². The Kier molecular flexibility index (Phi) is 5.14. The number of rotatable bonds is 4. The number of carbonyl (C=O) groups is 2. The van der Waals surface area contributed by atoms with E-state index in [2.05, 4.69) is 5.32 Å². The molecular formula is C26H20N2O5. The van der Waals surface area contributed by atoms with E-state index in [-0.39, 0.29) is 12.7 Å². The highest BCUT2D eigenvalue weighted by Gasteiger charge is 2.18. The smallest absolute Gasteiger partial charge is 0.337 e. The number of hydrogen-bond donors (Lipinski definition) is 1. The van der Waals surface area contributed by atoms with Gasteiger partial charge in [-0.1, -0.05) is 24.3 Å². The van der Waals surface area contributed by atoms with Crippen molar-refractivity contribution in [3.05, 3.63) is 83.4 Å². The second kappa shape index (κ2) is 8.27. The van der Waals surface area contributed by atoms with Crippen molar-refractivity contribution < 1.29 is 23.8 Å². The van der Waals surface area contributed by atoms with Gasteiger partial charge in [-0.3, -0.25) is 4.79 Å². The Bertz CT molecular complexity index is 1410. The summed E-state index contributed by atoms with van der Waals surface area (Å²) in [6.45, 7) is 2.04. The molecule has 5 rings (SSSR count). The van der Waals surface area contributed by atoms with E-state index < -0.39 is 5.97 Å². The molecule has 0 spiro atoms. The number of pyridine rings is 1. The second-order valence-electron chi connectivity index (χ2n) is 7.62. The maximum absolute atomic E-state index is 13.4. The van der Waals surface area contributed by atoms with Crippen molar-refractivity contribution in [2.75, 3.05) is 19.2 Å². The molecule has 0 saturated heterocycles. The molecule has 1 aliphatic rings. The van der Waals surface area contributed by atoms with Gasteiger partial charge in [-0.05, 0) is 55.0 Å². The van der Waals surface area contributed by atoms with Crippen LogP contribution in [0.25, 0.3) is 22.2 Å². The van der Waals surface area contributed by atoms with E-state index in [1.807, 2.05) is 49.4 Å². The number of esters is 1. The van der Waals surface area contributed by atoms with E-state index in [9.17, 15) is 9.59 Å². The molecule has 0 aliphatic carbocycles. The number of nitrogens with zero attached hydrogens (tertiary/aromatic N) is 1. The number of benzene rings is 3. The average molecular weight is 440 g/mol. The first kappa shape index (κ1) is 20.5. The topological polar surface area (TPSA) is 86.8 Å². The lowest BCUT2D eigenvalue weighted by Gasteiger charge is -2.13. The van der Waals surface area contributed by atoms with Crippen LogP contribution in [0.5, 0.6) is 11.5 Å². The van der Waals surface area contributed by atoms with Crippen LogP contribution in [0.4, 0.5) is 5.69 Å². The summed E-state index contributed by atoms with van der Waals surface area (Å²) in [5.74, 6) is 0.549. The first-order valence-corrected chi connectivity index (χ1v) is 10.3. The Hall–Kier alpha value is -4.39. The van der Waals surface area contributed by atoms with Crippen molar-refractivity contribution in [3.63, 3.8) is 0 Å². The summed E-state index contributed by atoms with van der Waals surface area (Å²) in [6.07, 6.45) is 0. The third-order valence-corrected chi connectivity index (χ3v) is 5.54. The van der Waals surface area contributed by atoms with Crippen molar-refractivity contribution in [3.8, 4) is 22.8 Å². The van der Waals surface area contributed by atoms with Crippen LogP contribution in [0.1, 0.15) is 26.3 Å². The molecule has 33 heavy (non-hydrogen) atoms. The lowest BCUT2D eigenvalue weighted by molar-refractivity contribution is 0.0600. The number of nitrogens with one attached hydrogen (secondary N) is 1. The zero-order valence-electron chi connectivity index (χ0n) is 18.0. The lowest BCUT2D eigenvalue weighted by atomic mass is 10.0. The van der Waals surface area contributed by atoms with Crippen LogP contribution in [0.2, 0.25) is 0 Å². The summed E-state index contributed by atoms with van der Waals surface area (Å²) in [4.78, 5) is 30.1. The molecule has 1 aromatic heterocycles. The van der Waals surface area contributed by atoms with Gasteiger partial charge in [0.05, 0.1) is 29.4 Å². The van der Waals surface area contributed by atoms with Crippen molar-refractivity contribution >= 4 is 28.5 Å². The van der Waals surface area contributed by atoms with Gasteiger partial charge < -0.3 is 19.5 Å². The summed E-state index contributed by atoms with van der Waals surface area (Å²) in [7, 11) is 1.32.